The van der Waals surface area contributed by atoms with Gasteiger partial charge in [0, 0.05) is 65.7 Å². The fraction of sp³-hybridized carbons (Fsp3) is 0.233. The van der Waals surface area contributed by atoms with Crippen molar-refractivity contribution in [3.05, 3.63) is 108 Å². The molecule has 5 aromatic rings. The lowest BCUT2D eigenvalue weighted by molar-refractivity contribution is -0.131. The van der Waals surface area contributed by atoms with Crippen molar-refractivity contribution in [2.24, 2.45) is 11.8 Å². The summed E-state index contributed by atoms with van der Waals surface area (Å²) in [5.74, 6) is 0.388. The molecule has 1 aliphatic heterocycles. The zero-order valence-electron chi connectivity index (χ0n) is 19.2. The van der Waals surface area contributed by atoms with Gasteiger partial charge in [-0.3, -0.25) is 9.69 Å². The molecule has 0 bridgehead atoms. The van der Waals surface area contributed by atoms with Crippen LogP contribution in [-0.4, -0.2) is 33.7 Å². The number of Topliss-reactive ketones (excluding diaryl/α,β-unsaturated/α-hetero) is 1. The molecule has 2 atom stereocenters. The minimum absolute atomic E-state index is 0.00752. The van der Waals surface area contributed by atoms with Crippen molar-refractivity contribution in [3.8, 4) is 0 Å². The number of carbonyl (C=O) groups excluding carboxylic acids is 1. The van der Waals surface area contributed by atoms with E-state index in [0.717, 1.165) is 43.5 Å². The average Bonchev–Trinajstić information content (AvgIpc) is 3.47. The maximum Gasteiger partial charge on any atom is 0.142 e. The number of ketones is 1. The largest absolute Gasteiger partial charge is 0.361 e. The van der Waals surface area contributed by atoms with Crippen LogP contribution in [0.2, 0.25) is 0 Å². The van der Waals surface area contributed by atoms with Crippen LogP contribution in [0.1, 0.15) is 16.7 Å². The first-order valence-corrected chi connectivity index (χ1v) is 12.1. The predicted octanol–water partition coefficient (Wildman–Crippen LogP) is 5.75. The van der Waals surface area contributed by atoms with Crippen molar-refractivity contribution in [1.82, 2.24) is 14.9 Å². The smallest absolute Gasteiger partial charge is 0.142 e. The van der Waals surface area contributed by atoms with Crippen LogP contribution < -0.4 is 0 Å². The molecule has 170 valence electrons. The van der Waals surface area contributed by atoms with Crippen LogP contribution in [0, 0.1) is 11.8 Å². The summed E-state index contributed by atoms with van der Waals surface area (Å²) in [7, 11) is 0. The number of para-hydroxylation sites is 2. The summed E-state index contributed by atoms with van der Waals surface area (Å²) in [4.78, 5) is 23.0. The third-order valence-corrected chi connectivity index (χ3v) is 7.29. The number of fused-ring (bicyclic) bond motifs is 2. The Morgan fingerprint density at radius 2 is 1.18 bits per heavy atom. The lowest BCUT2D eigenvalue weighted by Gasteiger charge is -2.37. The van der Waals surface area contributed by atoms with Crippen LogP contribution >= 0.6 is 0 Å². The molecule has 0 saturated carbocycles. The van der Waals surface area contributed by atoms with E-state index >= 15 is 0 Å². The third kappa shape index (κ3) is 4.06. The van der Waals surface area contributed by atoms with Crippen molar-refractivity contribution in [2.75, 3.05) is 13.1 Å². The van der Waals surface area contributed by atoms with Gasteiger partial charge in [0.2, 0.25) is 0 Å². The van der Waals surface area contributed by atoms with E-state index in [1.165, 1.54) is 27.5 Å². The second kappa shape index (κ2) is 8.96. The first kappa shape index (κ1) is 20.9. The molecule has 2 N–H and O–H groups in total. The van der Waals surface area contributed by atoms with E-state index in [4.69, 9.17) is 0 Å². The van der Waals surface area contributed by atoms with Gasteiger partial charge in [-0.2, -0.15) is 0 Å². The normalized spacial score (nSPS) is 19.2. The molecule has 2 aromatic heterocycles. The number of nitrogens with one attached hydrogen (secondary N) is 2. The summed E-state index contributed by atoms with van der Waals surface area (Å²) in [6.45, 7) is 2.48. The number of aromatic amines is 2. The van der Waals surface area contributed by atoms with Gasteiger partial charge in [-0.25, -0.2) is 0 Å². The van der Waals surface area contributed by atoms with Crippen LogP contribution in [0.3, 0.4) is 0 Å². The number of carbonyl (C=O) groups is 1. The van der Waals surface area contributed by atoms with Crippen molar-refractivity contribution in [1.29, 1.82) is 0 Å². The number of aromatic nitrogens is 2. The Balaban J connectivity index is 1.29. The number of nitrogens with zero attached hydrogens (tertiary/aromatic N) is 1. The molecule has 0 amide bonds. The van der Waals surface area contributed by atoms with Crippen LogP contribution in [0.15, 0.2) is 91.3 Å². The Bertz CT molecular complexity index is 1340. The van der Waals surface area contributed by atoms with Crippen LogP contribution in [-0.2, 0) is 24.2 Å². The second-order valence-electron chi connectivity index (χ2n) is 9.60. The van der Waals surface area contributed by atoms with Gasteiger partial charge < -0.3 is 9.97 Å². The molecule has 1 fully saturated rings. The number of piperidine rings is 1. The highest BCUT2D eigenvalue weighted by Gasteiger charge is 2.36. The summed E-state index contributed by atoms with van der Waals surface area (Å²) >= 11 is 0. The highest BCUT2D eigenvalue weighted by atomic mass is 16.1. The zero-order valence-corrected chi connectivity index (χ0v) is 19.2. The topological polar surface area (TPSA) is 51.9 Å². The summed E-state index contributed by atoms with van der Waals surface area (Å²) in [6, 6.07) is 27.4. The lowest BCUT2D eigenvalue weighted by atomic mass is 9.80. The maximum absolute atomic E-state index is 13.8. The number of likely N-dealkylation sites (tertiary alicyclic amines) is 1. The molecule has 0 aliphatic carbocycles. The Labute approximate surface area is 199 Å². The molecule has 1 aliphatic rings. The molecule has 4 nitrogen and oxygen atoms in total. The van der Waals surface area contributed by atoms with Crippen LogP contribution in [0.25, 0.3) is 21.8 Å². The zero-order chi connectivity index (χ0) is 22.9. The van der Waals surface area contributed by atoms with Gasteiger partial charge in [-0.1, -0.05) is 66.7 Å². The molecular weight excluding hydrogens is 418 g/mol. The van der Waals surface area contributed by atoms with Gasteiger partial charge in [0.25, 0.3) is 0 Å². The van der Waals surface area contributed by atoms with Gasteiger partial charge in [0.1, 0.15) is 5.78 Å². The molecule has 1 unspecified atom stereocenters. The van der Waals surface area contributed by atoms with E-state index in [0.29, 0.717) is 5.78 Å². The number of H-pyrrole nitrogens is 2. The lowest BCUT2D eigenvalue weighted by Crippen LogP contribution is -2.47. The Hall–Kier alpha value is -3.63. The quantitative estimate of drug-likeness (QED) is 0.348. The number of hydrogen-bond donors (Lipinski definition) is 2. The average molecular weight is 448 g/mol. The maximum atomic E-state index is 13.8. The van der Waals surface area contributed by atoms with E-state index < -0.39 is 0 Å². The first-order valence-electron chi connectivity index (χ1n) is 12.1. The summed E-state index contributed by atoms with van der Waals surface area (Å²) < 4.78 is 0. The summed E-state index contributed by atoms with van der Waals surface area (Å²) in [5.41, 5.74) is 6.05. The molecular formula is C30H29N3O. The Morgan fingerprint density at radius 3 is 1.74 bits per heavy atom. The highest BCUT2D eigenvalue weighted by Crippen LogP contribution is 2.30. The fourth-order valence-electron chi connectivity index (χ4n) is 5.64. The van der Waals surface area contributed by atoms with Gasteiger partial charge in [-0.15, -0.1) is 0 Å². The molecule has 34 heavy (non-hydrogen) atoms. The van der Waals surface area contributed by atoms with E-state index in [9.17, 15) is 4.79 Å². The van der Waals surface area contributed by atoms with Crippen molar-refractivity contribution < 1.29 is 4.79 Å². The molecule has 4 heteroatoms. The van der Waals surface area contributed by atoms with Crippen LogP contribution in [0.5, 0.6) is 0 Å². The van der Waals surface area contributed by atoms with Gasteiger partial charge in [0.05, 0.1) is 0 Å². The van der Waals surface area contributed by atoms with Gasteiger partial charge >= 0.3 is 0 Å². The van der Waals surface area contributed by atoms with Crippen molar-refractivity contribution in [3.63, 3.8) is 0 Å². The van der Waals surface area contributed by atoms with Crippen molar-refractivity contribution in [2.45, 2.75) is 19.4 Å². The number of hydrogen-bond acceptors (Lipinski definition) is 2. The molecule has 6 rings (SSSR count). The molecule has 3 heterocycles. The third-order valence-electron chi connectivity index (χ3n) is 7.29. The highest BCUT2D eigenvalue weighted by molar-refractivity contribution is 5.89. The van der Waals surface area contributed by atoms with Crippen molar-refractivity contribution >= 4 is 27.6 Å². The summed E-state index contributed by atoms with van der Waals surface area (Å²) in [6.07, 6.45) is 5.72. The minimum atomic E-state index is -0.00752. The van der Waals surface area contributed by atoms with Gasteiger partial charge in [0.15, 0.2) is 0 Å². The Morgan fingerprint density at radius 1 is 0.676 bits per heavy atom. The molecule has 1 saturated heterocycles. The van der Waals surface area contributed by atoms with E-state index in [-0.39, 0.29) is 11.8 Å². The van der Waals surface area contributed by atoms with E-state index in [1.54, 1.807) is 0 Å². The van der Waals surface area contributed by atoms with Crippen LogP contribution in [0.4, 0.5) is 0 Å². The van der Waals surface area contributed by atoms with Gasteiger partial charge in [-0.05, 0) is 41.7 Å². The monoisotopic (exact) mass is 447 g/mol. The van der Waals surface area contributed by atoms with E-state index in [2.05, 4.69) is 94.0 Å². The first-order chi connectivity index (χ1) is 16.7. The minimum Gasteiger partial charge on any atom is -0.361 e. The van der Waals surface area contributed by atoms with E-state index in [1.807, 2.05) is 12.1 Å². The SMILES string of the molecule is O=C1C(Cc2c[nH]c3ccccc23)CN(Cc2ccccc2)C[C@@H]1Cc1c[nH]c2ccccc12. The summed E-state index contributed by atoms with van der Waals surface area (Å²) in [5, 5.41) is 2.45. The predicted molar refractivity (Wildman–Crippen MR) is 138 cm³/mol. The number of benzene rings is 3. The Kier molecular flexibility index (Phi) is 5.52. The standard InChI is InChI=1S/C30H29N3O/c34-30-24(14-22-16-31-28-12-6-4-10-26(22)28)19-33(18-21-8-2-1-3-9-21)20-25(30)15-23-17-32-29-13-7-5-11-27(23)29/h1-13,16-17,24-25,31-32H,14-15,18-20H2/t24-,25?/m0/s1. The number of rotatable bonds is 6. The fourth-order valence-corrected chi connectivity index (χ4v) is 5.64. The second-order valence-corrected chi connectivity index (χ2v) is 9.60. The molecule has 3 aromatic carbocycles. The molecule has 0 spiro atoms. The molecule has 0 radical (unpaired) electrons.